The molecule has 3 heterocycles. The molecule has 0 fully saturated rings. The van der Waals surface area contributed by atoms with Crippen molar-refractivity contribution >= 4 is 17.1 Å². The molecule has 0 saturated heterocycles. The average Bonchev–Trinajstić information content (AvgIpc) is 3.03. The number of hydrogen-bond donors (Lipinski definition) is 3. The number of rotatable bonds is 4. The molecule has 0 spiro atoms. The lowest BCUT2D eigenvalue weighted by molar-refractivity contribution is 0.194. The monoisotopic (exact) mass is 285 g/mol. The Morgan fingerprint density at radius 3 is 3.00 bits per heavy atom. The van der Waals surface area contributed by atoms with E-state index < -0.39 is 6.09 Å². The van der Waals surface area contributed by atoms with Crippen molar-refractivity contribution in [3.8, 4) is 11.3 Å². The van der Waals surface area contributed by atoms with Gasteiger partial charge in [-0.2, -0.15) is 5.10 Å². The molecule has 21 heavy (non-hydrogen) atoms. The first-order valence-electron chi connectivity index (χ1n) is 6.57. The van der Waals surface area contributed by atoms with Crippen LogP contribution in [-0.2, 0) is 13.5 Å². The number of fused-ring (bicyclic) bond motifs is 1. The van der Waals surface area contributed by atoms with Crippen molar-refractivity contribution in [2.24, 2.45) is 7.05 Å². The van der Waals surface area contributed by atoms with Gasteiger partial charge in [-0.25, -0.2) is 9.78 Å². The molecule has 3 N–H and O–H groups in total. The van der Waals surface area contributed by atoms with Gasteiger partial charge in [0.15, 0.2) is 0 Å². The Kier molecular flexibility index (Phi) is 3.31. The lowest BCUT2D eigenvalue weighted by Crippen LogP contribution is -2.23. The van der Waals surface area contributed by atoms with Crippen molar-refractivity contribution in [1.82, 2.24) is 25.1 Å². The maximum absolute atomic E-state index is 10.5. The highest BCUT2D eigenvalue weighted by Crippen LogP contribution is 2.27. The number of nitrogens with zero attached hydrogens (tertiary/aromatic N) is 3. The highest BCUT2D eigenvalue weighted by Gasteiger charge is 2.10. The van der Waals surface area contributed by atoms with E-state index in [1.807, 2.05) is 29.9 Å². The quantitative estimate of drug-likeness (QED) is 0.680. The van der Waals surface area contributed by atoms with Crippen LogP contribution in [0.1, 0.15) is 5.69 Å². The Morgan fingerprint density at radius 1 is 1.43 bits per heavy atom. The predicted octanol–water partition coefficient (Wildman–Crippen LogP) is 1.77. The van der Waals surface area contributed by atoms with Crippen LogP contribution in [0.2, 0.25) is 0 Å². The van der Waals surface area contributed by atoms with Gasteiger partial charge in [0.1, 0.15) is 5.65 Å². The lowest BCUT2D eigenvalue weighted by Gasteiger charge is -2.02. The summed E-state index contributed by atoms with van der Waals surface area (Å²) in [6.45, 7) is 0.364. The average molecular weight is 285 g/mol. The van der Waals surface area contributed by atoms with E-state index in [1.165, 1.54) is 0 Å². The van der Waals surface area contributed by atoms with E-state index in [-0.39, 0.29) is 0 Å². The summed E-state index contributed by atoms with van der Waals surface area (Å²) in [6, 6.07) is 5.91. The molecule has 3 aromatic rings. The minimum atomic E-state index is -1.01. The van der Waals surface area contributed by atoms with Crippen LogP contribution in [0.5, 0.6) is 0 Å². The molecule has 3 rings (SSSR count). The van der Waals surface area contributed by atoms with Crippen molar-refractivity contribution < 1.29 is 9.90 Å². The van der Waals surface area contributed by atoms with Crippen LogP contribution in [0, 0.1) is 0 Å². The molecule has 108 valence electrons. The minimum absolute atomic E-state index is 0.364. The summed E-state index contributed by atoms with van der Waals surface area (Å²) in [6.07, 6.45) is 3.08. The predicted molar refractivity (Wildman–Crippen MR) is 78.0 cm³/mol. The van der Waals surface area contributed by atoms with Gasteiger partial charge < -0.3 is 15.4 Å². The lowest BCUT2D eigenvalue weighted by atomic mass is 10.1. The van der Waals surface area contributed by atoms with Gasteiger partial charge in [0.25, 0.3) is 0 Å². The fraction of sp³-hybridized carbons (Fsp3) is 0.214. The third kappa shape index (κ3) is 2.58. The highest BCUT2D eigenvalue weighted by molar-refractivity contribution is 5.92. The highest BCUT2D eigenvalue weighted by atomic mass is 16.4. The molecule has 0 aliphatic rings. The number of carboxylic acid groups (broad SMARTS) is 1. The van der Waals surface area contributed by atoms with Gasteiger partial charge in [0.2, 0.25) is 0 Å². The molecular formula is C14H15N5O2. The molecule has 0 aliphatic carbocycles. The summed E-state index contributed by atoms with van der Waals surface area (Å²) >= 11 is 0. The Labute approximate surface area is 120 Å². The van der Waals surface area contributed by atoms with E-state index in [0.29, 0.717) is 13.0 Å². The summed E-state index contributed by atoms with van der Waals surface area (Å²) in [5.74, 6) is 0. The van der Waals surface area contributed by atoms with E-state index in [2.05, 4.69) is 20.4 Å². The van der Waals surface area contributed by atoms with Gasteiger partial charge in [0, 0.05) is 49.1 Å². The van der Waals surface area contributed by atoms with Crippen molar-refractivity contribution in [3.63, 3.8) is 0 Å². The number of amides is 1. The van der Waals surface area contributed by atoms with Gasteiger partial charge in [0.05, 0.1) is 5.69 Å². The number of nitrogens with one attached hydrogen (secondary N) is 2. The van der Waals surface area contributed by atoms with E-state index >= 15 is 0 Å². The van der Waals surface area contributed by atoms with Crippen LogP contribution in [0.15, 0.2) is 30.6 Å². The number of hydrogen-bond acceptors (Lipinski definition) is 3. The molecule has 7 heteroatoms. The zero-order valence-electron chi connectivity index (χ0n) is 11.5. The molecule has 0 aliphatic heterocycles. The first kappa shape index (κ1) is 13.2. The fourth-order valence-corrected chi connectivity index (χ4v) is 2.38. The SMILES string of the molecule is Cn1nccc1-c1ccnc2[nH]c(CCNC(=O)O)cc12. The van der Waals surface area contributed by atoms with Crippen molar-refractivity contribution in [2.75, 3.05) is 6.54 Å². The number of pyridine rings is 1. The van der Waals surface area contributed by atoms with Gasteiger partial charge in [-0.3, -0.25) is 4.68 Å². The molecule has 0 aromatic carbocycles. The summed E-state index contributed by atoms with van der Waals surface area (Å²) in [5, 5.41) is 16.1. The summed E-state index contributed by atoms with van der Waals surface area (Å²) in [5.41, 5.74) is 3.80. The van der Waals surface area contributed by atoms with Gasteiger partial charge in [-0.15, -0.1) is 0 Å². The number of carbonyl (C=O) groups is 1. The largest absolute Gasteiger partial charge is 0.465 e. The summed E-state index contributed by atoms with van der Waals surface area (Å²) in [4.78, 5) is 18.0. The first-order chi connectivity index (χ1) is 10.1. The van der Waals surface area contributed by atoms with E-state index in [1.54, 1.807) is 12.4 Å². The van der Waals surface area contributed by atoms with Crippen LogP contribution >= 0.6 is 0 Å². The molecule has 7 nitrogen and oxygen atoms in total. The van der Waals surface area contributed by atoms with Crippen molar-refractivity contribution in [1.29, 1.82) is 0 Å². The Hall–Kier alpha value is -2.83. The number of aryl methyl sites for hydroxylation is 1. The molecule has 0 unspecified atom stereocenters. The third-order valence-corrected chi connectivity index (χ3v) is 3.36. The van der Waals surface area contributed by atoms with Crippen molar-refractivity contribution in [2.45, 2.75) is 6.42 Å². The molecule has 1 amide bonds. The zero-order valence-corrected chi connectivity index (χ0v) is 11.5. The minimum Gasteiger partial charge on any atom is -0.465 e. The van der Waals surface area contributed by atoms with E-state index in [4.69, 9.17) is 5.11 Å². The van der Waals surface area contributed by atoms with Crippen LogP contribution in [0.4, 0.5) is 4.79 Å². The van der Waals surface area contributed by atoms with Gasteiger partial charge in [-0.1, -0.05) is 0 Å². The molecular weight excluding hydrogens is 270 g/mol. The molecule has 0 atom stereocenters. The summed E-state index contributed by atoms with van der Waals surface area (Å²) < 4.78 is 1.81. The molecule has 0 saturated carbocycles. The third-order valence-electron chi connectivity index (χ3n) is 3.36. The second-order valence-electron chi connectivity index (χ2n) is 4.74. The van der Waals surface area contributed by atoms with Crippen LogP contribution < -0.4 is 5.32 Å². The topological polar surface area (TPSA) is 95.8 Å². The molecule has 0 radical (unpaired) electrons. The first-order valence-corrected chi connectivity index (χ1v) is 6.57. The maximum Gasteiger partial charge on any atom is 0.404 e. The zero-order chi connectivity index (χ0) is 14.8. The van der Waals surface area contributed by atoms with Crippen LogP contribution in [-0.4, -0.2) is 37.5 Å². The molecule has 0 bridgehead atoms. The Morgan fingerprint density at radius 2 is 2.29 bits per heavy atom. The van der Waals surface area contributed by atoms with Gasteiger partial charge in [-0.05, 0) is 18.2 Å². The Balaban J connectivity index is 1.94. The maximum atomic E-state index is 10.5. The van der Waals surface area contributed by atoms with E-state index in [9.17, 15) is 4.79 Å². The fourth-order valence-electron chi connectivity index (χ4n) is 2.38. The van der Waals surface area contributed by atoms with E-state index in [0.717, 1.165) is 28.0 Å². The summed E-state index contributed by atoms with van der Waals surface area (Å²) in [7, 11) is 1.89. The van der Waals surface area contributed by atoms with Crippen molar-refractivity contribution in [3.05, 3.63) is 36.3 Å². The van der Waals surface area contributed by atoms with Crippen LogP contribution in [0.3, 0.4) is 0 Å². The second-order valence-corrected chi connectivity index (χ2v) is 4.74. The smallest absolute Gasteiger partial charge is 0.404 e. The normalized spacial score (nSPS) is 10.9. The molecule has 3 aromatic heterocycles. The number of aromatic amines is 1. The number of aromatic nitrogens is 4. The standard InChI is InChI=1S/C14H15N5O2/c1-19-12(4-7-17-19)10-3-6-15-13-11(10)8-9(18-13)2-5-16-14(20)21/h3-4,6-8,16H,2,5H2,1H3,(H,15,18)(H,20,21). The number of H-pyrrole nitrogens is 1. The Bertz CT molecular complexity index is 790. The van der Waals surface area contributed by atoms with Gasteiger partial charge >= 0.3 is 6.09 Å². The second kappa shape index (κ2) is 5.28. The van der Waals surface area contributed by atoms with Crippen LogP contribution in [0.25, 0.3) is 22.3 Å².